The van der Waals surface area contributed by atoms with Crippen LogP contribution in [0.15, 0.2) is 36.0 Å². The Kier molecular flexibility index (Phi) is 7.39. The van der Waals surface area contributed by atoms with Crippen molar-refractivity contribution >= 4 is 5.91 Å². The van der Waals surface area contributed by atoms with Crippen molar-refractivity contribution < 1.29 is 14.3 Å². The molecular formula is C25H38NO3. The molecular weight excluding hydrogens is 362 g/mol. The van der Waals surface area contributed by atoms with Crippen LogP contribution >= 0.6 is 0 Å². The van der Waals surface area contributed by atoms with Crippen LogP contribution in [0.3, 0.4) is 0 Å². The summed E-state index contributed by atoms with van der Waals surface area (Å²) in [5.41, 5.74) is 1.27. The molecule has 1 radical (unpaired) electrons. The number of epoxide rings is 1. The van der Waals surface area contributed by atoms with Crippen LogP contribution in [-0.2, 0) is 14.3 Å². The first kappa shape index (κ1) is 22.3. The van der Waals surface area contributed by atoms with Crippen molar-refractivity contribution in [2.75, 3.05) is 6.61 Å². The van der Waals surface area contributed by atoms with E-state index in [2.05, 4.69) is 44.3 Å². The smallest absolute Gasteiger partial charge is 0.243 e. The summed E-state index contributed by atoms with van der Waals surface area (Å²) in [6.45, 7) is 9.31. The Morgan fingerprint density at radius 1 is 1.17 bits per heavy atom. The van der Waals surface area contributed by atoms with Crippen LogP contribution in [0.1, 0.15) is 72.6 Å². The van der Waals surface area contributed by atoms with E-state index in [0.29, 0.717) is 6.04 Å². The molecule has 1 aliphatic carbocycles. The third-order valence-corrected chi connectivity index (χ3v) is 6.32. The minimum Gasteiger partial charge on any atom is -0.369 e. The van der Waals surface area contributed by atoms with Gasteiger partial charge in [-0.3, -0.25) is 4.79 Å². The van der Waals surface area contributed by atoms with Crippen molar-refractivity contribution in [3.8, 4) is 0 Å². The molecule has 4 heteroatoms. The van der Waals surface area contributed by atoms with E-state index >= 15 is 0 Å². The summed E-state index contributed by atoms with van der Waals surface area (Å²) in [6, 6.07) is 0.328. The average molecular weight is 401 g/mol. The van der Waals surface area contributed by atoms with Crippen LogP contribution in [0.25, 0.3) is 0 Å². The van der Waals surface area contributed by atoms with Crippen molar-refractivity contribution in [2.45, 2.75) is 96.0 Å². The molecule has 0 bridgehead atoms. The molecule has 2 saturated heterocycles. The summed E-state index contributed by atoms with van der Waals surface area (Å²) < 4.78 is 12.0. The number of amides is 1. The lowest BCUT2D eigenvalue weighted by Crippen LogP contribution is -2.43. The van der Waals surface area contributed by atoms with Crippen LogP contribution in [0.2, 0.25) is 0 Å². The van der Waals surface area contributed by atoms with Gasteiger partial charge in [0.05, 0.1) is 23.9 Å². The fraction of sp³-hybridized carbons (Fsp3) is 0.680. The van der Waals surface area contributed by atoms with Gasteiger partial charge >= 0.3 is 0 Å². The number of rotatable bonds is 7. The molecule has 3 aliphatic rings. The van der Waals surface area contributed by atoms with E-state index in [9.17, 15) is 4.79 Å². The molecule has 1 amide bonds. The van der Waals surface area contributed by atoms with E-state index in [1.54, 1.807) is 12.2 Å². The van der Waals surface area contributed by atoms with Gasteiger partial charge in [0.25, 0.3) is 0 Å². The summed E-state index contributed by atoms with van der Waals surface area (Å²) in [6.07, 6.45) is 19.8. The standard InChI is InChI=1S/C25H38NO3/c1-5-6-7-23(27)26-21-13-11-20(12-14-21)10-8-19(2)9-15-22-16-25(18-28-25)17-24(3,4)29-22/h5-9,15,20-22H,10-14,16-18H2,1-4H3,(H,26,27)/b7-6-,15-9+,19-8+/t20-,21-,22-,25-/m1/s1. The maximum Gasteiger partial charge on any atom is 0.243 e. The molecule has 2 heterocycles. The first-order chi connectivity index (χ1) is 13.8. The molecule has 0 aromatic heterocycles. The van der Waals surface area contributed by atoms with Gasteiger partial charge in [-0.2, -0.15) is 0 Å². The Balaban J connectivity index is 1.40. The number of carbonyl (C=O) groups is 1. The fourth-order valence-corrected chi connectivity index (χ4v) is 4.79. The van der Waals surface area contributed by atoms with Crippen molar-refractivity contribution in [1.82, 2.24) is 5.32 Å². The molecule has 0 aromatic rings. The maximum absolute atomic E-state index is 11.8. The van der Waals surface area contributed by atoms with Gasteiger partial charge < -0.3 is 14.8 Å². The number of allylic oxidation sites excluding steroid dienone is 4. The lowest BCUT2D eigenvalue weighted by atomic mass is 9.83. The molecule has 1 N–H and O–H groups in total. The predicted molar refractivity (Wildman–Crippen MR) is 117 cm³/mol. The maximum atomic E-state index is 11.8. The van der Waals surface area contributed by atoms with E-state index in [0.717, 1.165) is 44.6 Å². The number of hydrogen-bond donors (Lipinski definition) is 1. The van der Waals surface area contributed by atoms with Gasteiger partial charge in [0.1, 0.15) is 0 Å². The van der Waals surface area contributed by atoms with E-state index in [4.69, 9.17) is 9.47 Å². The third-order valence-electron chi connectivity index (χ3n) is 6.32. The van der Waals surface area contributed by atoms with Gasteiger partial charge in [-0.15, -0.1) is 0 Å². The second kappa shape index (κ2) is 9.61. The third kappa shape index (κ3) is 7.11. The molecule has 3 fully saturated rings. The highest BCUT2D eigenvalue weighted by molar-refractivity contribution is 5.87. The van der Waals surface area contributed by atoms with Crippen molar-refractivity contribution in [1.29, 1.82) is 0 Å². The Labute approximate surface area is 176 Å². The molecule has 29 heavy (non-hydrogen) atoms. The van der Waals surface area contributed by atoms with E-state index < -0.39 is 0 Å². The second-order valence-corrected chi connectivity index (χ2v) is 9.73. The van der Waals surface area contributed by atoms with Gasteiger partial charge in [0.2, 0.25) is 5.91 Å². The van der Waals surface area contributed by atoms with Gasteiger partial charge in [-0.05, 0) is 71.3 Å². The molecule has 4 nitrogen and oxygen atoms in total. The lowest BCUT2D eigenvalue weighted by molar-refractivity contribution is -0.117. The Morgan fingerprint density at radius 2 is 1.90 bits per heavy atom. The second-order valence-electron chi connectivity index (χ2n) is 9.73. The first-order valence-electron chi connectivity index (χ1n) is 11.2. The highest BCUT2D eigenvalue weighted by Crippen LogP contribution is 2.46. The Hall–Kier alpha value is -1.39. The van der Waals surface area contributed by atoms with Gasteiger partial charge in [-0.25, -0.2) is 0 Å². The van der Waals surface area contributed by atoms with Crippen LogP contribution in [-0.4, -0.2) is 35.9 Å². The lowest BCUT2D eigenvalue weighted by Gasteiger charge is -2.38. The fourth-order valence-electron chi connectivity index (χ4n) is 4.79. The summed E-state index contributed by atoms with van der Waals surface area (Å²) in [4.78, 5) is 11.8. The summed E-state index contributed by atoms with van der Waals surface area (Å²) in [5, 5.41) is 3.12. The summed E-state index contributed by atoms with van der Waals surface area (Å²) >= 11 is 0. The summed E-state index contributed by atoms with van der Waals surface area (Å²) in [7, 11) is 0. The molecule has 0 unspecified atom stereocenters. The van der Waals surface area contributed by atoms with E-state index in [-0.39, 0.29) is 23.2 Å². The van der Waals surface area contributed by atoms with Crippen molar-refractivity contribution in [2.24, 2.45) is 5.92 Å². The Bertz CT molecular complexity index is 643. The topological polar surface area (TPSA) is 50.9 Å². The largest absolute Gasteiger partial charge is 0.369 e. The number of carbonyl (C=O) groups excluding carboxylic acids is 1. The van der Waals surface area contributed by atoms with Gasteiger partial charge in [0, 0.05) is 18.9 Å². The van der Waals surface area contributed by atoms with Crippen LogP contribution < -0.4 is 5.32 Å². The zero-order valence-corrected chi connectivity index (χ0v) is 18.6. The zero-order chi connectivity index (χ0) is 20.9. The first-order valence-corrected chi connectivity index (χ1v) is 11.2. The normalized spacial score (nSPS) is 34.8. The molecule has 161 valence electrons. The molecule has 0 aromatic carbocycles. The van der Waals surface area contributed by atoms with Crippen LogP contribution in [0.5, 0.6) is 0 Å². The minimum absolute atomic E-state index is 0.0268. The monoisotopic (exact) mass is 400 g/mol. The van der Waals surface area contributed by atoms with Crippen LogP contribution in [0, 0.1) is 12.3 Å². The molecule has 1 saturated carbocycles. The van der Waals surface area contributed by atoms with E-state index in [1.807, 2.05) is 13.3 Å². The average Bonchev–Trinajstić information content (AvgIpc) is 3.40. The minimum atomic E-state index is -0.111. The van der Waals surface area contributed by atoms with Crippen molar-refractivity contribution in [3.05, 3.63) is 42.4 Å². The molecule has 2 atom stereocenters. The highest BCUT2D eigenvalue weighted by atomic mass is 16.6. The molecule has 3 rings (SSSR count). The zero-order valence-electron chi connectivity index (χ0n) is 18.6. The summed E-state index contributed by atoms with van der Waals surface area (Å²) in [5.74, 6) is 0.748. The van der Waals surface area contributed by atoms with Crippen LogP contribution in [0.4, 0.5) is 0 Å². The van der Waals surface area contributed by atoms with Gasteiger partial charge in [-0.1, -0.05) is 36.8 Å². The van der Waals surface area contributed by atoms with E-state index in [1.165, 1.54) is 18.4 Å². The van der Waals surface area contributed by atoms with Crippen molar-refractivity contribution in [3.63, 3.8) is 0 Å². The highest BCUT2D eigenvalue weighted by Gasteiger charge is 2.53. The number of nitrogens with one attached hydrogen (secondary N) is 1. The predicted octanol–water partition coefficient (Wildman–Crippen LogP) is 5.06. The number of hydrogen-bond acceptors (Lipinski definition) is 3. The molecule has 1 spiro atoms. The Morgan fingerprint density at radius 3 is 2.55 bits per heavy atom. The SMILES string of the molecule is C[CH]/C=C\C(=O)N[C@H]1CC[C@H](C/C=C(C)/C=C/[C@@H]2C[C@]3(CO3)CC(C)(C)O2)CC1. The molecule has 2 aliphatic heterocycles. The number of ether oxygens (including phenoxy) is 2. The quantitative estimate of drug-likeness (QED) is 0.369. The van der Waals surface area contributed by atoms with Gasteiger partial charge in [0.15, 0.2) is 0 Å².